The predicted molar refractivity (Wildman–Crippen MR) is 72.6 cm³/mol. The van der Waals surface area contributed by atoms with E-state index in [0.717, 1.165) is 0 Å². The van der Waals surface area contributed by atoms with Gasteiger partial charge in [-0.15, -0.1) is 0 Å². The van der Waals surface area contributed by atoms with Gasteiger partial charge >= 0.3 is 0 Å². The zero-order valence-corrected chi connectivity index (χ0v) is 11.4. The minimum Gasteiger partial charge on any atom is -0.309 e. The van der Waals surface area contributed by atoms with Crippen LogP contribution in [0.2, 0.25) is 0 Å². The van der Waals surface area contributed by atoms with Gasteiger partial charge in [0.2, 0.25) is 0 Å². The van der Waals surface area contributed by atoms with Gasteiger partial charge < -0.3 is 4.90 Å². The number of rotatable bonds is 2. The maximum absolute atomic E-state index is 2.33. The Balaban J connectivity index is 2.24. The molecule has 95 valence electrons. The number of hydrogen-bond acceptors (Lipinski definition) is 1. The van der Waals surface area contributed by atoms with Crippen molar-refractivity contribution in [2.24, 2.45) is 0 Å². The average molecular weight is 224 g/mol. The molecule has 16 heavy (non-hydrogen) atoms. The second-order valence-corrected chi connectivity index (χ2v) is 5.67. The van der Waals surface area contributed by atoms with Gasteiger partial charge in [-0.25, -0.2) is 0 Å². The first-order valence-electron chi connectivity index (χ1n) is 7.27. The summed E-state index contributed by atoms with van der Waals surface area (Å²) in [7, 11) is 4.40. The second-order valence-electron chi connectivity index (χ2n) is 5.67. The molecule has 0 unspecified atom stereocenters. The van der Waals surface area contributed by atoms with Gasteiger partial charge in [-0.05, 0) is 32.9 Å². The molecule has 0 bridgehead atoms. The van der Waals surface area contributed by atoms with Gasteiger partial charge in [-0.3, -0.25) is 0 Å². The van der Waals surface area contributed by atoms with Gasteiger partial charge in [-0.2, -0.15) is 0 Å². The Morgan fingerprint density at radius 2 is 1.06 bits per heavy atom. The van der Waals surface area contributed by atoms with E-state index >= 15 is 0 Å². The molecule has 1 heteroatoms. The van der Waals surface area contributed by atoms with Gasteiger partial charge in [-0.1, -0.05) is 57.8 Å². The summed E-state index contributed by atoms with van der Waals surface area (Å²) in [4.78, 5) is 2.33. The third-order valence-corrected chi connectivity index (χ3v) is 3.60. The highest BCUT2D eigenvalue weighted by Crippen LogP contribution is 2.22. The van der Waals surface area contributed by atoms with E-state index in [-0.39, 0.29) is 0 Å². The van der Waals surface area contributed by atoms with Crippen LogP contribution in [0.25, 0.3) is 0 Å². The van der Waals surface area contributed by atoms with E-state index in [4.69, 9.17) is 0 Å². The van der Waals surface area contributed by atoms with Crippen LogP contribution in [-0.2, 0) is 0 Å². The van der Waals surface area contributed by atoms with E-state index in [0.29, 0.717) is 0 Å². The Bertz CT molecular complexity index is 142. The van der Waals surface area contributed by atoms with Crippen molar-refractivity contribution in [2.75, 3.05) is 20.6 Å². The molecule has 1 nitrogen and oxygen atoms in total. The first-order valence-corrected chi connectivity index (χ1v) is 7.27. The van der Waals surface area contributed by atoms with E-state index in [1.54, 1.807) is 5.92 Å². The molecule has 0 aromatic heterocycles. The Morgan fingerprint density at radius 3 is 1.44 bits per heavy atom. The largest absolute Gasteiger partial charge is 0.309 e. The van der Waals surface area contributed by atoms with Crippen LogP contribution in [0.15, 0.2) is 0 Å². The van der Waals surface area contributed by atoms with Gasteiger partial charge in [0.05, 0.1) is 0 Å². The number of hydrogen-bond donors (Lipinski definition) is 0. The van der Waals surface area contributed by atoms with Crippen LogP contribution in [0.1, 0.15) is 70.6 Å². The maximum Gasteiger partial charge on any atom is 0.00377 e. The summed E-state index contributed by atoms with van der Waals surface area (Å²) in [6.45, 7) is 1.22. The molecule has 0 heterocycles. The average Bonchev–Trinajstić information content (AvgIpc) is 2.21. The molecule has 0 saturated heterocycles. The summed E-state index contributed by atoms with van der Waals surface area (Å²) in [6, 6.07) is 0. The molecule has 1 aliphatic carbocycles. The van der Waals surface area contributed by atoms with Gasteiger partial charge in [0.15, 0.2) is 0 Å². The smallest absolute Gasteiger partial charge is 0.00377 e. The molecule has 1 radical (unpaired) electrons. The molecule has 0 atom stereocenters. The van der Waals surface area contributed by atoms with Crippen molar-refractivity contribution >= 4 is 0 Å². The predicted octanol–water partition coefficient (Wildman–Crippen LogP) is 4.43. The Morgan fingerprint density at radius 1 is 0.688 bits per heavy atom. The second kappa shape index (κ2) is 9.04. The first-order chi connectivity index (χ1) is 7.79. The molecule has 0 aliphatic heterocycles. The maximum atomic E-state index is 2.33. The lowest BCUT2D eigenvalue weighted by Crippen LogP contribution is -2.20. The molecule has 0 spiro atoms. The minimum absolute atomic E-state index is 1.22. The zero-order valence-electron chi connectivity index (χ0n) is 11.4. The van der Waals surface area contributed by atoms with Crippen molar-refractivity contribution in [1.82, 2.24) is 4.90 Å². The van der Waals surface area contributed by atoms with Crippen molar-refractivity contribution in [1.29, 1.82) is 0 Å². The van der Waals surface area contributed by atoms with Gasteiger partial charge in [0.1, 0.15) is 0 Å². The van der Waals surface area contributed by atoms with E-state index in [2.05, 4.69) is 19.0 Å². The van der Waals surface area contributed by atoms with Crippen LogP contribution in [0, 0.1) is 5.92 Å². The fraction of sp³-hybridized carbons (Fsp3) is 0.933. The van der Waals surface area contributed by atoms with Crippen molar-refractivity contribution in [3.63, 3.8) is 0 Å². The van der Waals surface area contributed by atoms with Gasteiger partial charge in [0.25, 0.3) is 0 Å². The Labute approximate surface area is 103 Å². The lowest BCUT2D eigenvalue weighted by atomic mass is 9.92. The summed E-state index contributed by atoms with van der Waals surface area (Å²) >= 11 is 0. The van der Waals surface area contributed by atoms with E-state index < -0.39 is 0 Å². The lowest BCUT2D eigenvalue weighted by molar-refractivity contribution is 0.389. The summed E-state index contributed by atoms with van der Waals surface area (Å²) < 4.78 is 0. The lowest BCUT2D eigenvalue weighted by Gasteiger charge is -2.21. The summed E-state index contributed by atoms with van der Waals surface area (Å²) in [5, 5.41) is 0. The van der Waals surface area contributed by atoms with Crippen molar-refractivity contribution in [3.8, 4) is 0 Å². The van der Waals surface area contributed by atoms with Crippen molar-refractivity contribution in [2.45, 2.75) is 70.6 Å². The molecular weight excluding hydrogens is 194 g/mol. The molecule has 0 amide bonds. The number of nitrogens with zero attached hydrogens (tertiary/aromatic N) is 1. The summed E-state index contributed by atoms with van der Waals surface area (Å²) in [5.74, 6) is 1.80. The standard InChI is InChI=1S/C15H30N/c1-16(2)14-15-12-10-8-6-4-3-5-7-9-11-13-15/h3-14H2,1-2H3. The molecular formula is C15H30N. The molecule has 1 fully saturated rings. The van der Waals surface area contributed by atoms with Gasteiger partial charge in [0, 0.05) is 6.54 Å². The van der Waals surface area contributed by atoms with Crippen LogP contribution >= 0.6 is 0 Å². The molecule has 0 aromatic rings. The third kappa shape index (κ3) is 7.27. The van der Waals surface area contributed by atoms with E-state index in [1.165, 1.54) is 77.2 Å². The molecule has 1 rings (SSSR count). The fourth-order valence-corrected chi connectivity index (χ4v) is 2.72. The Kier molecular flexibility index (Phi) is 7.92. The first kappa shape index (κ1) is 14.0. The van der Waals surface area contributed by atoms with Crippen molar-refractivity contribution < 1.29 is 0 Å². The molecule has 1 saturated carbocycles. The molecule has 1 aliphatic rings. The summed E-state index contributed by atoms with van der Waals surface area (Å²) in [5.41, 5.74) is 0. The summed E-state index contributed by atoms with van der Waals surface area (Å²) in [6.07, 6.45) is 15.9. The van der Waals surface area contributed by atoms with E-state index in [1.807, 2.05) is 0 Å². The van der Waals surface area contributed by atoms with Crippen LogP contribution in [0.3, 0.4) is 0 Å². The third-order valence-electron chi connectivity index (χ3n) is 3.60. The monoisotopic (exact) mass is 224 g/mol. The van der Waals surface area contributed by atoms with Crippen LogP contribution < -0.4 is 0 Å². The van der Waals surface area contributed by atoms with Crippen LogP contribution in [0.4, 0.5) is 0 Å². The minimum atomic E-state index is 1.22. The van der Waals surface area contributed by atoms with Crippen molar-refractivity contribution in [3.05, 3.63) is 5.92 Å². The highest BCUT2D eigenvalue weighted by Gasteiger charge is 2.10. The molecule has 0 N–H and O–H groups in total. The van der Waals surface area contributed by atoms with E-state index in [9.17, 15) is 0 Å². The zero-order chi connectivity index (χ0) is 11.6. The van der Waals surface area contributed by atoms with Crippen LogP contribution in [-0.4, -0.2) is 25.5 Å². The highest BCUT2D eigenvalue weighted by molar-refractivity contribution is 4.91. The topological polar surface area (TPSA) is 3.24 Å². The molecule has 0 aromatic carbocycles. The van der Waals surface area contributed by atoms with Crippen LogP contribution in [0.5, 0.6) is 0 Å². The SMILES string of the molecule is CN(C)C[C]1CCCCCCCCCCC1. The Hall–Kier alpha value is -0.0400. The fourth-order valence-electron chi connectivity index (χ4n) is 2.72. The normalized spacial score (nSPS) is 22.7. The highest BCUT2D eigenvalue weighted by atomic mass is 15.1. The quantitative estimate of drug-likeness (QED) is 0.671.